The van der Waals surface area contributed by atoms with Crippen molar-refractivity contribution in [3.05, 3.63) is 11.5 Å². The average molecular weight is 315 g/mol. The number of piperidine rings is 1. The predicted octanol–water partition coefficient (Wildman–Crippen LogP) is 0.385. The minimum atomic E-state index is -3.60. The van der Waals surface area contributed by atoms with Crippen LogP contribution in [0, 0.1) is 13.8 Å². The second kappa shape index (κ2) is 5.35. The Hall–Kier alpha value is -0.960. The fourth-order valence-corrected chi connectivity index (χ4v) is 5.18. The van der Waals surface area contributed by atoms with E-state index < -0.39 is 10.0 Å². The molecule has 0 amide bonds. The van der Waals surface area contributed by atoms with E-state index in [0.717, 1.165) is 13.0 Å². The van der Waals surface area contributed by atoms with Crippen molar-refractivity contribution in [3.63, 3.8) is 0 Å². The molecule has 0 aromatic carbocycles. The first kappa shape index (κ1) is 15.0. The Balaban J connectivity index is 1.97. The lowest BCUT2D eigenvalue weighted by molar-refractivity contribution is -0.0720. The molecule has 3 heterocycles. The number of aryl methyl sites for hydroxylation is 2. The SMILES string of the molecule is Cc1noc(C)c1S(=O)(=O)N1CCO[C@H]2CCN(C)C[C@@H]21. The molecule has 0 N–H and O–H groups in total. The Morgan fingerprint density at radius 2 is 2.05 bits per heavy atom. The smallest absolute Gasteiger partial charge is 0.248 e. The van der Waals surface area contributed by atoms with Gasteiger partial charge in [-0.1, -0.05) is 5.16 Å². The number of rotatable bonds is 2. The second-order valence-electron chi connectivity index (χ2n) is 5.80. The molecule has 1 aromatic heterocycles. The zero-order valence-corrected chi connectivity index (χ0v) is 13.4. The van der Waals surface area contributed by atoms with E-state index in [0.29, 0.717) is 31.2 Å². The number of ether oxygens (including phenoxy) is 1. The van der Waals surface area contributed by atoms with Gasteiger partial charge in [-0.3, -0.25) is 0 Å². The fourth-order valence-electron chi connectivity index (χ4n) is 3.26. The predicted molar refractivity (Wildman–Crippen MR) is 75.5 cm³/mol. The van der Waals surface area contributed by atoms with Gasteiger partial charge < -0.3 is 14.2 Å². The molecular formula is C13H21N3O4S. The Morgan fingerprint density at radius 3 is 2.71 bits per heavy atom. The molecule has 118 valence electrons. The lowest BCUT2D eigenvalue weighted by atomic mass is 10.0. The summed E-state index contributed by atoms with van der Waals surface area (Å²) in [6, 6.07) is -0.142. The highest BCUT2D eigenvalue weighted by Gasteiger charge is 2.43. The third-order valence-corrected chi connectivity index (χ3v) is 6.44. The standard InChI is InChI=1S/C13H21N3O4S/c1-9-13(10(2)20-14-9)21(17,18)16-6-7-19-12-4-5-15(3)8-11(12)16/h11-12H,4-8H2,1-3H3/t11-,12-/m0/s1. The van der Waals surface area contributed by atoms with E-state index in [1.54, 1.807) is 18.2 Å². The van der Waals surface area contributed by atoms with Gasteiger partial charge in [0, 0.05) is 19.6 Å². The maximum atomic E-state index is 13.0. The van der Waals surface area contributed by atoms with Crippen LogP contribution in [-0.2, 0) is 14.8 Å². The lowest BCUT2D eigenvalue weighted by Gasteiger charge is -2.45. The summed E-state index contributed by atoms with van der Waals surface area (Å²) < 4.78 is 38.4. The average Bonchev–Trinajstić information content (AvgIpc) is 2.77. The summed E-state index contributed by atoms with van der Waals surface area (Å²) in [5, 5.41) is 3.77. The summed E-state index contributed by atoms with van der Waals surface area (Å²) in [5.41, 5.74) is 0.416. The van der Waals surface area contributed by atoms with Crippen molar-refractivity contribution in [2.24, 2.45) is 0 Å². The molecule has 0 radical (unpaired) electrons. The maximum absolute atomic E-state index is 13.0. The van der Waals surface area contributed by atoms with Crippen LogP contribution < -0.4 is 0 Å². The van der Waals surface area contributed by atoms with Crippen molar-refractivity contribution in [3.8, 4) is 0 Å². The molecule has 3 rings (SSSR count). The van der Waals surface area contributed by atoms with Crippen LogP contribution in [0.2, 0.25) is 0 Å². The molecule has 2 aliphatic heterocycles. The van der Waals surface area contributed by atoms with E-state index in [-0.39, 0.29) is 17.0 Å². The molecule has 2 fully saturated rings. The van der Waals surface area contributed by atoms with Crippen LogP contribution in [-0.4, -0.2) is 68.2 Å². The van der Waals surface area contributed by atoms with E-state index in [4.69, 9.17) is 9.26 Å². The molecule has 0 aliphatic carbocycles. The van der Waals surface area contributed by atoms with Crippen LogP contribution in [0.4, 0.5) is 0 Å². The number of morpholine rings is 1. The summed E-state index contributed by atoms with van der Waals surface area (Å²) in [5.74, 6) is 0.347. The molecule has 8 heteroatoms. The highest BCUT2D eigenvalue weighted by atomic mass is 32.2. The van der Waals surface area contributed by atoms with Gasteiger partial charge in [-0.2, -0.15) is 4.31 Å². The summed E-state index contributed by atoms with van der Waals surface area (Å²) >= 11 is 0. The molecule has 21 heavy (non-hydrogen) atoms. The zero-order chi connectivity index (χ0) is 15.2. The van der Waals surface area contributed by atoms with Crippen molar-refractivity contribution < 1.29 is 17.7 Å². The third kappa shape index (κ3) is 2.50. The van der Waals surface area contributed by atoms with Gasteiger partial charge in [-0.25, -0.2) is 8.42 Å². The Morgan fingerprint density at radius 1 is 1.29 bits per heavy atom. The number of hydrogen-bond acceptors (Lipinski definition) is 6. The van der Waals surface area contributed by atoms with Gasteiger partial charge in [-0.15, -0.1) is 0 Å². The molecule has 0 bridgehead atoms. The number of hydrogen-bond donors (Lipinski definition) is 0. The van der Waals surface area contributed by atoms with E-state index in [1.165, 1.54) is 0 Å². The third-order valence-electron chi connectivity index (χ3n) is 4.27. The van der Waals surface area contributed by atoms with E-state index in [2.05, 4.69) is 10.1 Å². The fraction of sp³-hybridized carbons (Fsp3) is 0.769. The van der Waals surface area contributed by atoms with Gasteiger partial charge in [0.05, 0.1) is 18.8 Å². The number of aromatic nitrogens is 1. The minimum absolute atomic E-state index is 0.0230. The summed E-state index contributed by atoms with van der Waals surface area (Å²) in [6.07, 6.45) is 0.833. The maximum Gasteiger partial charge on any atom is 0.248 e. The molecule has 0 spiro atoms. The number of fused-ring (bicyclic) bond motifs is 1. The quantitative estimate of drug-likeness (QED) is 0.785. The van der Waals surface area contributed by atoms with E-state index >= 15 is 0 Å². The molecule has 2 saturated heterocycles. The van der Waals surface area contributed by atoms with Gasteiger partial charge in [0.1, 0.15) is 10.6 Å². The first-order valence-corrected chi connectivity index (χ1v) is 8.60. The number of nitrogens with zero attached hydrogens (tertiary/aromatic N) is 3. The van der Waals surface area contributed by atoms with Crippen LogP contribution >= 0.6 is 0 Å². The second-order valence-corrected chi connectivity index (χ2v) is 7.62. The number of sulfonamides is 1. The number of likely N-dealkylation sites (N-methyl/N-ethyl adjacent to an activating group) is 1. The van der Waals surface area contributed by atoms with Gasteiger partial charge in [0.15, 0.2) is 5.76 Å². The van der Waals surface area contributed by atoms with Gasteiger partial charge >= 0.3 is 0 Å². The highest BCUT2D eigenvalue weighted by molar-refractivity contribution is 7.89. The van der Waals surface area contributed by atoms with Crippen molar-refractivity contribution in [1.29, 1.82) is 0 Å². The first-order valence-electron chi connectivity index (χ1n) is 7.16. The van der Waals surface area contributed by atoms with Crippen LogP contribution in [0.1, 0.15) is 17.9 Å². The normalized spacial score (nSPS) is 28.5. The summed E-state index contributed by atoms with van der Waals surface area (Å²) in [7, 11) is -1.60. The lowest BCUT2D eigenvalue weighted by Crippen LogP contribution is -2.60. The largest absolute Gasteiger partial charge is 0.375 e. The molecule has 0 saturated carbocycles. The molecule has 2 atom stereocenters. The Kier molecular flexibility index (Phi) is 3.81. The van der Waals surface area contributed by atoms with Crippen molar-refractivity contribution in [1.82, 2.24) is 14.4 Å². The van der Waals surface area contributed by atoms with Crippen molar-refractivity contribution in [2.75, 3.05) is 33.3 Å². The molecular weight excluding hydrogens is 294 g/mol. The zero-order valence-electron chi connectivity index (χ0n) is 12.6. The van der Waals surface area contributed by atoms with Crippen LogP contribution in [0.15, 0.2) is 9.42 Å². The van der Waals surface area contributed by atoms with E-state index in [9.17, 15) is 8.42 Å². The molecule has 0 unspecified atom stereocenters. The van der Waals surface area contributed by atoms with E-state index in [1.807, 2.05) is 7.05 Å². The summed E-state index contributed by atoms with van der Waals surface area (Å²) in [4.78, 5) is 2.35. The van der Waals surface area contributed by atoms with Gasteiger partial charge in [0.25, 0.3) is 0 Å². The summed E-state index contributed by atoms with van der Waals surface area (Å²) in [6.45, 7) is 5.73. The van der Waals surface area contributed by atoms with Crippen LogP contribution in [0.5, 0.6) is 0 Å². The Bertz CT molecular complexity index is 608. The van der Waals surface area contributed by atoms with Gasteiger partial charge in [-0.05, 0) is 27.3 Å². The topological polar surface area (TPSA) is 75.9 Å². The molecule has 1 aromatic rings. The van der Waals surface area contributed by atoms with Crippen LogP contribution in [0.3, 0.4) is 0 Å². The molecule has 2 aliphatic rings. The van der Waals surface area contributed by atoms with Crippen molar-refractivity contribution in [2.45, 2.75) is 37.3 Å². The molecule has 7 nitrogen and oxygen atoms in total. The monoisotopic (exact) mass is 315 g/mol. The first-order chi connectivity index (χ1) is 9.91. The number of likely N-dealkylation sites (tertiary alicyclic amines) is 1. The van der Waals surface area contributed by atoms with Crippen LogP contribution in [0.25, 0.3) is 0 Å². The minimum Gasteiger partial charge on any atom is -0.375 e. The highest BCUT2D eigenvalue weighted by Crippen LogP contribution is 2.30. The van der Waals surface area contributed by atoms with Crippen molar-refractivity contribution >= 4 is 10.0 Å². The van der Waals surface area contributed by atoms with Gasteiger partial charge in [0.2, 0.25) is 10.0 Å². The Labute approximate surface area is 124 Å².